The number of benzene rings is 1. The summed E-state index contributed by atoms with van der Waals surface area (Å²) >= 11 is 0. The SMILES string of the molecule is Cc1ccc(-n2cncc2N)cc1. The van der Waals surface area contributed by atoms with Crippen LogP contribution in [0.15, 0.2) is 36.8 Å². The second-order valence-corrected chi connectivity index (χ2v) is 3.02. The van der Waals surface area contributed by atoms with E-state index in [2.05, 4.69) is 24.0 Å². The quantitative estimate of drug-likeness (QED) is 0.714. The highest BCUT2D eigenvalue weighted by Gasteiger charge is 1.98. The Hall–Kier alpha value is -1.77. The number of imidazole rings is 1. The van der Waals surface area contributed by atoms with Gasteiger partial charge in [0.05, 0.1) is 6.20 Å². The molecule has 3 heteroatoms. The Bertz CT molecular complexity index is 400. The highest BCUT2D eigenvalue weighted by atomic mass is 15.1. The Kier molecular flexibility index (Phi) is 1.77. The molecule has 0 saturated carbocycles. The van der Waals surface area contributed by atoms with Gasteiger partial charge in [-0.25, -0.2) is 4.98 Å². The van der Waals surface area contributed by atoms with Crippen molar-refractivity contribution in [3.63, 3.8) is 0 Å². The van der Waals surface area contributed by atoms with Gasteiger partial charge in [-0.2, -0.15) is 0 Å². The lowest BCUT2D eigenvalue weighted by Crippen LogP contribution is -1.97. The highest BCUT2D eigenvalue weighted by molar-refractivity contribution is 5.42. The molecule has 0 atom stereocenters. The molecule has 1 aromatic heterocycles. The molecule has 0 radical (unpaired) electrons. The monoisotopic (exact) mass is 173 g/mol. The Balaban J connectivity index is 2.47. The highest BCUT2D eigenvalue weighted by Crippen LogP contribution is 2.12. The lowest BCUT2D eigenvalue weighted by atomic mass is 10.2. The number of aromatic nitrogens is 2. The first-order chi connectivity index (χ1) is 6.27. The minimum atomic E-state index is 0.656. The summed E-state index contributed by atoms with van der Waals surface area (Å²) in [5.41, 5.74) is 7.99. The van der Waals surface area contributed by atoms with Gasteiger partial charge in [0.25, 0.3) is 0 Å². The van der Waals surface area contributed by atoms with Gasteiger partial charge in [0.15, 0.2) is 0 Å². The second-order valence-electron chi connectivity index (χ2n) is 3.02. The van der Waals surface area contributed by atoms with E-state index in [9.17, 15) is 0 Å². The number of nitrogens with two attached hydrogens (primary N) is 1. The third-order valence-corrected chi connectivity index (χ3v) is 1.98. The zero-order valence-corrected chi connectivity index (χ0v) is 7.44. The van der Waals surface area contributed by atoms with Crippen molar-refractivity contribution in [1.82, 2.24) is 9.55 Å². The number of nitrogens with zero attached hydrogens (tertiary/aromatic N) is 2. The van der Waals surface area contributed by atoms with Gasteiger partial charge in [0.2, 0.25) is 0 Å². The molecule has 66 valence electrons. The maximum atomic E-state index is 5.71. The Morgan fingerprint density at radius 1 is 1.23 bits per heavy atom. The predicted octanol–water partition coefficient (Wildman–Crippen LogP) is 1.76. The van der Waals surface area contributed by atoms with Crippen LogP contribution in [0.2, 0.25) is 0 Å². The van der Waals surface area contributed by atoms with E-state index in [-0.39, 0.29) is 0 Å². The number of hydrogen-bond donors (Lipinski definition) is 1. The van der Waals surface area contributed by atoms with Crippen molar-refractivity contribution in [1.29, 1.82) is 0 Å². The number of nitrogen functional groups attached to an aromatic ring is 1. The van der Waals surface area contributed by atoms with E-state index in [4.69, 9.17) is 5.73 Å². The van der Waals surface area contributed by atoms with Crippen LogP contribution in [0.3, 0.4) is 0 Å². The van der Waals surface area contributed by atoms with E-state index in [0.717, 1.165) is 5.69 Å². The van der Waals surface area contributed by atoms with Crippen LogP contribution in [-0.2, 0) is 0 Å². The molecule has 1 heterocycles. The van der Waals surface area contributed by atoms with Crippen LogP contribution in [0.25, 0.3) is 5.69 Å². The first-order valence-corrected chi connectivity index (χ1v) is 4.12. The third-order valence-electron chi connectivity index (χ3n) is 1.98. The van der Waals surface area contributed by atoms with Gasteiger partial charge in [-0.3, -0.25) is 4.57 Å². The molecule has 1 aromatic carbocycles. The van der Waals surface area contributed by atoms with E-state index >= 15 is 0 Å². The topological polar surface area (TPSA) is 43.8 Å². The van der Waals surface area contributed by atoms with Crippen molar-refractivity contribution >= 4 is 5.82 Å². The molecule has 2 aromatic rings. The predicted molar refractivity (Wildman–Crippen MR) is 52.7 cm³/mol. The van der Waals surface area contributed by atoms with E-state index in [0.29, 0.717) is 5.82 Å². The molecule has 13 heavy (non-hydrogen) atoms. The molecule has 0 amide bonds. The van der Waals surface area contributed by atoms with Crippen LogP contribution in [0, 0.1) is 6.92 Å². The lowest BCUT2D eigenvalue weighted by molar-refractivity contribution is 1.07. The fourth-order valence-corrected chi connectivity index (χ4v) is 1.23. The average molecular weight is 173 g/mol. The van der Waals surface area contributed by atoms with Gasteiger partial charge in [-0.05, 0) is 19.1 Å². The second kappa shape index (κ2) is 2.94. The van der Waals surface area contributed by atoms with Crippen molar-refractivity contribution in [2.45, 2.75) is 6.92 Å². The smallest absolute Gasteiger partial charge is 0.127 e. The first kappa shape index (κ1) is 7.86. The largest absolute Gasteiger partial charge is 0.383 e. The summed E-state index contributed by atoms with van der Waals surface area (Å²) in [5.74, 6) is 0.656. The summed E-state index contributed by atoms with van der Waals surface area (Å²) in [7, 11) is 0. The molecular weight excluding hydrogens is 162 g/mol. The van der Waals surface area contributed by atoms with Crippen LogP contribution < -0.4 is 5.73 Å². The van der Waals surface area contributed by atoms with Gasteiger partial charge in [-0.1, -0.05) is 17.7 Å². The van der Waals surface area contributed by atoms with Crippen molar-refractivity contribution in [3.8, 4) is 5.69 Å². The molecule has 0 aliphatic rings. The third kappa shape index (κ3) is 1.40. The summed E-state index contributed by atoms with van der Waals surface area (Å²) < 4.78 is 1.85. The van der Waals surface area contributed by atoms with Crippen LogP contribution >= 0.6 is 0 Å². The molecule has 2 N–H and O–H groups in total. The zero-order chi connectivity index (χ0) is 9.26. The normalized spacial score (nSPS) is 10.2. The van der Waals surface area contributed by atoms with Gasteiger partial charge >= 0.3 is 0 Å². The van der Waals surface area contributed by atoms with Crippen LogP contribution in [0.1, 0.15) is 5.56 Å². The van der Waals surface area contributed by atoms with Crippen LogP contribution in [0.5, 0.6) is 0 Å². The fourth-order valence-electron chi connectivity index (χ4n) is 1.23. The summed E-state index contributed by atoms with van der Waals surface area (Å²) in [6.45, 7) is 2.06. The first-order valence-electron chi connectivity index (χ1n) is 4.12. The van der Waals surface area contributed by atoms with E-state index in [1.165, 1.54) is 5.56 Å². The van der Waals surface area contributed by atoms with E-state index in [1.54, 1.807) is 12.5 Å². The number of rotatable bonds is 1. The van der Waals surface area contributed by atoms with Crippen molar-refractivity contribution in [2.24, 2.45) is 0 Å². The minimum Gasteiger partial charge on any atom is -0.383 e. The van der Waals surface area contributed by atoms with E-state index in [1.807, 2.05) is 16.7 Å². The van der Waals surface area contributed by atoms with Crippen molar-refractivity contribution < 1.29 is 0 Å². The number of aryl methyl sites for hydroxylation is 1. The van der Waals surface area contributed by atoms with Crippen LogP contribution in [0.4, 0.5) is 5.82 Å². The van der Waals surface area contributed by atoms with Gasteiger partial charge in [0, 0.05) is 5.69 Å². The number of hydrogen-bond acceptors (Lipinski definition) is 2. The standard InChI is InChI=1S/C10H11N3/c1-8-2-4-9(5-3-8)13-7-12-6-10(13)11/h2-7H,11H2,1H3. The molecule has 2 rings (SSSR count). The Labute approximate surface area is 76.8 Å². The summed E-state index contributed by atoms with van der Waals surface area (Å²) in [5, 5.41) is 0. The molecule has 0 saturated heterocycles. The molecule has 0 spiro atoms. The summed E-state index contributed by atoms with van der Waals surface area (Å²) in [6, 6.07) is 8.14. The van der Waals surface area contributed by atoms with Crippen molar-refractivity contribution in [2.75, 3.05) is 5.73 Å². The number of anilines is 1. The van der Waals surface area contributed by atoms with Crippen molar-refractivity contribution in [3.05, 3.63) is 42.4 Å². The maximum Gasteiger partial charge on any atom is 0.127 e. The molecule has 0 bridgehead atoms. The molecule has 0 aliphatic heterocycles. The van der Waals surface area contributed by atoms with Gasteiger partial charge in [-0.15, -0.1) is 0 Å². The van der Waals surface area contributed by atoms with E-state index < -0.39 is 0 Å². The average Bonchev–Trinajstić information content (AvgIpc) is 2.53. The zero-order valence-electron chi connectivity index (χ0n) is 7.44. The van der Waals surface area contributed by atoms with Crippen LogP contribution in [-0.4, -0.2) is 9.55 Å². The summed E-state index contributed by atoms with van der Waals surface area (Å²) in [6.07, 6.45) is 3.35. The molecule has 0 aliphatic carbocycles. The van der Waals surface area contributed by atoms with Gasteiger partial charge < -0.3 is 5.73 Å². The minimum absolute atomic E-state index is 0.656. The Morgan fingerprint density at radius 2 is 1.92 bits per heavy atom. The molecule has 3 nitrogen and oxygen atoms in total. The molecule has 0 fully saturated rings. The molecule has 0 unspecified atom stereocenters. The lowest BCUT2D eigenvalue weighted by Gasteiger charge is -2.04. The Morgan fingerprint density at radius 3 is 2.46 bits per heavy atom. The fraction of sp³-hybridized carbons (Fsp3) is 0.100. The summed E-state index contributed by atoms with van der Waals surface area (Å²) in [4.78, 5) is 3.96. The maximum absolute atomic E-state index is 5.71. The van der Waals surface area contributed by atoms with Gasteiger partial charge in [0.1, 0.15) is 12.1 Å². The molecular formula is C10H11N3.